The zero-order valence-electron chi connectivity index (χ0n) is 13.9. The number of aromatic nitrogens is 2. The zero-order valence-corrected chi connectivity index (χ0v) is 15.6. The first-order valence-electron chi connectivity index (χ1n) is 7.82. The van der Waals surface area contributed by atoms with Crippen molar-refractivity contribution >= 4 is 32.4 Å². The Balaban J connectivity index is 1.58. The fraction of sp³-hybridized carbons (Fsp3) is 0.118. The number of carbonyl (C=O) groups is 1. The highest BCUT2D eigenvalue weighted by atomic mass is 32.2. The van der Waals surface area contributed by atoms with Crippen LogP contribution in [0.5, 0.6) is 0 Å². The van der Waals surface area contributed by atoms with Crippen molar-refractivity contribution in [1.82, 2.24) is 15.3 Å². The van der Waals surface area contributed by atoms with Crippen LogP contribution in [0, 0.1) is 5.82 Å². The Morgan fingerprint density at radius 2 is 1.89 bits per heavy atom. The Bertz CT molecular complexity index is 1020. The molecule has 3 rings (SSSR count). The van der Waals surface area contributed by atoms with Crippen LogP contribution in [0.2, 0.25) is 0 Å². The Hall–Kier alpha value is -2.85. The maximum absolute atomic E-state index is 12.9. The lowest BCUT2D eigenvalue weighted by atomic mass is 10.3. The van der Waals surface area contributed by atoms with Crippen LogP contribution in [0.3, 0.4) is 0 Å². The van der Waals surface area contributed by atoms with Gasteiger partial charge in [-0.1, -0.05) is 6.07 Å². The molecular formula is C17H15FN4O3S2. The molecular weight excluding hydrogens is 391 g/mol. The summed E-state index contributed by atoms with van der Waals surface area (Å²) in [5.74, 6) is -0.777. The highest BCUT2D eigenvalue weighted by Gasteiger charge is 2.17. The molecule has 0 fully saturated rings. The standard InChI is InChI=1S/C17H15FN4O3S2/c18-12-4-6-15(7-5-12)27(24,25)22-17-21-14(11-26-17)9-16(23)20-10-13-3-1-2-8-19-13/h1-8,11H,9-10H2,(H,20,23)(H,21,22). The lowest BCUT2D eigenvalue weighted by Gasteiger charge is -2.05. The summed E-state index contributed by atoms with van der Waals surface area (Å²) in [7, 11) is -3.87. The van der Waals surface area contributed by atoms with Crippen molar-refractivity contribution in [3.05, 3.63) is 71.2 Å². The van der Waals surface area contributed by atoms with Crippen molar-refractivity contribution in [2.75, 3.05) is 4.72 Å². The van der Waals surface area contributed by atoms with Gasteiger partial charge in [0, 0.05) is 11.6 Å². The maximum atomic E-state index is 12.9. The smallest absolute Gasteiger partial charge is 0.263 e. The molecule has 0 aliphatic carbocycles. The van der Waals surface area contributed by atoms with Gasteiger partial charge in [0.15, 0.2) is 5.13 Å². The summed E-state index contributed by atoms with van der Waals surface area (Å²) < 4.78 is 39.8. The fourth-order valence-electron chi connectivity index (χ4n) is 2.14. The fourth-order valence-corrected chi connectivity index (χ4v) is 4.10. The van der Waals surface area contributed by atoms with Crippen LogP contribution in [-0.4, -0.2) is 24.3 Å². The van der Waals surface area contributed by atoms with E-state index in [-0.39, 0.29) is 22.4 Å². The quantitative estimate of drug-likeness (QED) is 0.627. The molecule has 0 spiro atoms. The van der Waals surface area contributed by atoms with Gasteiger partial charge in [0.2, 0.25) is 5.91 Å². The van der Waals surface area contributed by atoms with Crippen molar-refractivity contribution in [3.8, 4) is 0 Å². The van der Waals surface area contributed by atoms with Crippen molar-refractivity contribution in [2.24, 2.45) is 0 Å². The minimum absolute atomic E-state index is 0.0155. The molecule has 3 aromatic rings. The molecule has 0 saturated heterocycles. The number of nitrogens with zero attached hydrogens (tertiary/aromatic N) is 2. The third-order valence-corrected chi connectivity index (χ3v) is 5.72. The van der Waals surface area contributed by atoms with Crippen LogP contribution in [-0.2, 0) is 27.8 Å². The zero-order chi connectivity index (χ0) is 19.3. The molecule has 2 aromatic heterocycles. The number of halogens is 1. The van der Waals surface area contributed by atoms with E-state index >= 15 is 0 Å². The number of pyridine rings is 1. The van der Waals surface area contributed by atoms with Crippen molar-refractivity contribution in [3.63, 3.8) is 0 Å². The van der Waals surface area contributed by atoms with Gasteiger partial charge >= 0.3 is 0 Å². The van der Waals surface area contributed by atoms with Gasteiger partial charge in [-0.15, -0.1) is 11.3 Å². The molecule has 2 heterocycles. The molecule has 0 bridgehead atoms. The number of carbonyl (C=O) groups excluding carboxylic acids is 1. The van der Waals surface area contributed by atoms with E-state index in [1.165, 1.54) is 0 Å². The molecule has 7 nitrogen and oxygen atoms in total. The highest BCUT2D eigenvalue weighted by Crippen LogP contribution is 2.20. The molecule has 10 heteroatoms. The summed E-state index contributed by atoms with van der Waals surface area (Å²) in [5, 5.41) is 4.46. The number of nitrogens with one attached hydrogen (secondary N) is 2. The summed E-state index contributed by atoms with van der Waals surface area (Å²) in [6.45, 7) is 0.299. The number of hydrogen-bond donors (Lipinski definition) is 2. The second-order valence-corrected chi connectivity index (χ2v) is 8.02. The first-order chi connectivity index (χ1) is 12.9. The summed E-state index contributed by atoms with van der Waals surface area (Å²) in [6, 6.07) is 9.87. The van der Waals surface area contributed by atoms with Crippen molar-refractivity contribution in [2.45, 2.75) is 17.9 Å². The van der Waals surface area contributed by atoms with E-state index in [4.69, 9.17) is 0 Å². The number of hydrogen-bond acceptors (Lipinski definition) is 6. The molecule has 0 aliphatic rings. The second-order valence-electron chi connectivity index (χ2n) is 5.48. The predicted octanol–water partition coefficient (Wildman–Crippen LogP) is 2.34. The number of amides is 1. The number of rotatable bonds is 7. The van der Waals surface area contributed by atoms with Crippen molar-refractivity contribution < 1.29 is 17.6 Å². The van der Waals surface area contributed by atoms with E-state index in [0.717, 1.165) is 41.3 Å². The van der Waals surface area contributed by atoms with Crippen LogP contribution in [0.4, 0.5) is 9.52 Å². The molecule has 0 aliphatic heterocycles. The van der Waals surface area contributed by atoms with Gasteiger partial charge in [0.25, 0.3) is 10.0 Å². The summed E-state index contributed by atoms with van der Waals surface area (Å²) in [4.78, 5) is 20.1. The van der Waals surface area contributed by atoms with E-state index in [1.54, 1.807) is 23.7 Å². The monoisotopic (exact) mass is 406 g/mol. The molecule has 1 aromatic carbocycles. The van der Waals surface area contributed by atoms with Gasteiger partial charge in [-0.25, -0.2) is 17.8 Å². The topological polar surface area (TPSA) is 101 Å². The molecule has 0 saturated carbocycles. The second kappa shape index (κ2) is 8.23. The van der Waals surface area contributed by atoms with Crippen LogP contribution in [0.1, 0.15) is 11.4 Å². The first kappa shape index (κ1) is 18.9. The maximum Gasteiger partial charge on any atom is 0.263 e. The average Bonchev–Trinajstić information content (AvgIpc) is 3.07. The lowest BCUT2D eigenvalue weighted by Crippen LogP contribution is -2.25. The van der Waals surface area contributed by atoms with Gasteiger partial charge in [-0.05, 0) is 36.4 Å². The molecule has 0 unspecified atom stereocenters. The SMILES string of the molecule is O=C(Cc1csc(NS(=O)(=O)c2ccc(F)cc2)n1)NCc1ccccn1. The lowest BCUT2D eigenvalue weighted by molar-refractivity contribution is -0.120. The van der Waals surface area contributed by atoms with Crippen LogP contribution >= 0.6 is 11.3 Å². The highest BCUT2D eigenvalue weighted by molar-refractivity contribution is 7.93. The third-order valence-electron chi connectivity index (χ3n) is 3.43. The van der Waals surface area contributed by atoms with E-state index in [0.29, 0.717) is 12.2 Å². The number of anilines is 1. The van der Waals surface area contributed by atoms with Gasteiger partial charge < -0.3 is 5.32 Å². The van der Waals surface area contributed by atoms with E-state index in [9.17, 15) is 17.6 Å². The van der Waals surface area contributed by atoms with E-state index in [2.05, 4.69) is 20.0 Å². The minimum atomic E-state index is -3.87. The largest absolute Gasteiger partial charge is 0.350 e. The Kier molecular flexibility index (Phi) is 5.77. The summed E-state index contributed by atoms with van der Waals surface area (Å²) in [6.07, 6.45) is 1.66. The van der Waals surface area contributed by atoms with Gasteiger partial charge in [0.1, 0.15) is 5.82 Å². The first-order valence-corrected chi connectivity index (χ1v) is 10.2. The molecule has 1 amide bonds. The molecule has 2 N–H and O–H groups in total. The number of sulfonamides is 1. The minimum Gasteiger partial charge on any atom is -0.350 e. The predicted molar refractivity (Wildman–Crippen MR) is 99.1 cm³/mol. The molecule has 0 atom stereocenters. The van der Waals surface area contributed by atoms with Gasteiger partial charge in [-0.2, -0.15) is 0 Å². The summed E-state index contributed by atoms with van der Waals surface area (Å²) >= 11 is 1.06. The normalized spacial score (nSPS) is 11.1. The Morgan fingerprint density at radius 1 is 1.11 bits per heavy atom. The molecule has 27 heavy (non-hydrogen) atoms. The third kappa shape index (κ3) is 5.31. The van der Waals surface area contributed by atoms with Gasteiger partial charge in [0.05, 0.1) is 29.2 Å². The van der Waals surface area contributed by atoms with Crippen LogP contribution < -0.4 is 10.0 Å². The van der Waals surface area contributed by atoms with Crippen molar-refractivity contribution in [1.29, 1.82) is 0 Å². The van der Waals surface area contributed by atoms with Gasteiger partial charge in [-0.3, -0.25) is 14.5 Å². The van der Waals surface area contributed by atoms with E-state index < -0.39 is 15.8 Å². The van der Waals surface area contributed by atoms with Crippen LogP contribution in [0.25, 0.3) is 0 Å². The summed E-state index contributed by atoms with van der Waals surface area (Å²) in [5.41, 5.74) is 1.17. The van der Waals surface area contributed by atoms with E-state index in [1.807, 2.05) is 6.07 Å². The number of benzene rings is 1. The number of thiazole rings is 1. The molecule has 0 radical (unpaired) electrons. The molecule has 140 valence electrons. The Morgan fingerprint density at radius 3 is 2.59 bits per heavy atom. The van der Waals surface area contributed by atoms with Crippen LogP contribution in [0.15, 0.2) is 58.9 Å². The average molecular weight is 406 g/mol. The Labute approximate surface area is 159 Å².